The summed E-state index contributed by atoms with van der Waals surface area (Å²) in [4.78, 5) is 19.4. The molecule has 5 nitrogen and oxygen atoms in total. The van der Waals surface area contributed by atoms with Gasteiger partial charge in [-0.15, -0.1) is 0 Å². The molecule has 0 aliphatic rings. The third-order valence-corrected chi connectivity index (χ3v) is 20.1. The molecular weight excluding hydrogens is 631 g/mol. The maximum atomic E-state index is 5.44. The second-order valence-electron chi connectivity index (χ2n) is 11.9. The summed E-state index contributed by atoms with van der Waals surface area (Å²) in [7, 11) is -6.63. The topological polar surface area (TPSA) is 54.8 Å². The predicted octanol–water partition coefficient (Wildman–Crippen LogP) is 4.56. The SMILES string of the molecule is c1ccc([Si](c2ccccc2)(c2ccccc2)N(c2cnc3cncnc3n2)[Si](c2ccccc2)(c2ccccc2)c2ccccc2)cc1. The van der Waals surface area contributed by atoms with Crippen LogP contribution in [0.5, 0.6) is 0 Å². The summed E-state index contributed by atoms with van der Waals surface area (Å²) in [5.41, 5.74) is 1.22. The van der Waals surface area contributed by atoms with Gasteiger partial charge in [0.1, 0.15) is 17.7 Å². The van der Waals surface area contributed by atoms with Gasteiger partial charge in [0.15, 0.2) is 5.65 Å². The molecule has 7 heteroatoms. The number of benzene rings is 6. The normalized spacial score (nSPS) is 11.7. The van der Waals surface area contributed by atoms with Gasteiger partial charge in [-0.2, -0.15) is 0 Å². The minimum atomic E-state index is -3.32. The average molecular weight is 664 g/mol. The Morgan fingerprint density at radius 1 is 0.367 bits per heavy atom. The summed E-state index contributed by atoms with van der Waals surface area (Å²) in [5.74, 6) is 0.776. The summed E-state index contributed by atoms with van der Waals surface area (Å²) in [6.45, 7) is 0. The van der Waals surface area contributed by atoms with Crippen molar-refractivity contribution in [3.8, 4) is 0 Å². The van der Waals surface area contributed by atoms with Crippen molar-refractivity contribution in [3.05, 3.63) is 201 Å². The molecule has 0 aliphatic carbocycles. The maximum absolute atomic E-state index is 5.44. The van der Waals surface area contributed by atoms with Crippen LogP contribution in [0.1, 0.15) is 0 Å². The van der Waals surface area contributed by atoms with Crippen LogP contribution >= 0.6 is 0 Å². The van der Waals surface area contributed by atoms with Crippen molar-refractivity contribution in [1.29, 1.82) is 0 Å². The van der Waals surface area contributed by atoms with Gasteiger partial charge < -0.3 is 4.23 Å². The van der Waals surface area contributed by atoms with Gasteiger partial charge in [-0.25, -0.2) is 19.9 Å². The molecule has 0 spiro atoms. The van der Waals surface area contributed by atoms with Crippen LogP contribution < -0.4 is 35.4 Å². The Kier molecular flexibility index (Phi) is 8.19. The van der Waals surface area contributed by atoms with Gasteiger partial charge in [-0.3, -0.25) is 0 Å². The fourth-order valence-electron chi connectivity index (χ4n) is 7.31. The highest BCUT2D eigenvalue weighted by Crippen LogP contribution is 2.29. The first-order valence-corrected chi connectivity index (χ1v) is 20.3. The molecule has 0 bridgehead atoms. The molecule has 0 saturated carbocycles. The Hall–Kier alpha value is -6.03. The van der Waals surface area contributed by atoms with E-state index in [1.807, 2.05) is 6.20 Å². The molecular formula is C42H33N5Si2. The van der Waals surface area contributed by atoms with Crippen LogP contribution in [-0.2, 0) is 0 Å². The summed E-state index contributed by atoms with van der Waals surface area (Å²) in [6.07, 6.45) is 5.23. The Labute approximate surface area is 288 Å². The van der Waals surface area contributed by atoms with Crippen LogP contribution in [0, 0.1) is 0 Å². The van der Waals surface area contributed by atoms with Crippen molar-refractivity contribution >= 4 is 64.6 Å². The van der Waals surface area contributed by atoms with Crippen LogP contribution in [-0.4, -0.2) is 36.4 Å². The van der Waals surface area contributed by atoms with Crippen molar-refractivity contribution in [3.63, 3.8) is 0 Å². The number of rotatable bonds is 9. The Morgan fingerprint density at radius 3 is 1.02 bits per heavy atom. The van der Waals surface area contributed by atoms with Crippen LogP contribution in [0.25, 0.3) is 11.2 Å². The quantitative estimate of drug-likeness (QED) is 0.168. The van der Waals surface area contributed by atoms with Crippen molar-refractivity contribution < 1.29 is 0 Å². The summed E-state index contributed by atoms with van der Waals surface area (Å²) >= 11 is 0. The fraction of sp³-hybridized carbons (Fsp3) is 0. The van der Waals surface area contributed by atoms with E-state index in [0.29, 0.717) is 11.2 Å². The molecule has 2 aromatic heterocycles. The lowest BCUT2D eigenvalue weighted by atomic mass is 10.3. The minimum absolute atomic E-state index is 0.562. The van der Waals surface area contributed by atoms with Crippen LogP contribution in [0.3, 0.4) is 0 Å². The molecule has 49 heavy (non-hydrogen) atoms. The van der Waals surface area contributed by atoms with Crippen molar-refractivity contribution in [2.75, 3.05) is 4.23 Å². The third-order valence-electron chi connectivity index (χ3n) is 9.26. The zero-order chi connectivity index (χ0) is 32.9. The first-order valence-electron chi connectivity index (χ1n) is 16.4. The highest BCUT2D eigenvalue weighted by molar-refractivity contribution is 7.29. The Balaban J connectivity index is 1.66. The lowest BCUT2D eigenvalue weighted by molar-refractivity contribution is 1.14. The van der Waals surface area contributed by atoms with E-state index in [1.54, 1.807) is 12.5 Å². The van der Waals surface area contributed by atoms with Gasteiger partial charge in [-0.1, -0.05) is 182 Å². The first-order chi connectivity index (χ1) is 24.3. The molecule has 0 unspecified atom stereocenters. The van der Waals surface area contributed by atoms with Crippen molar-refractivity contribution in [1.82, 2.24) is 19.9 Å². The molecule has 2 heterocycles. The molecule has 0 aliphatic heterocycles. The number of anilines is 1. The predicted molar refractivity (Wildman–Crippen MR) is 206 cm³/mol. The van der Waals surface area contributed by atoms with Crippen LogP contribution in [0.15, 0.2) is 201 Å². The Bertz CT molecular complexity index is 1960. The zero-order valence-electron chi connectivity index (χ0n) is 26.8. The zero-order valence-corrected chi connectivity index (χ0v) is 28.8. The first kappa shape index (κ1) is 30.3. The van der Waals surface area contributed by atoms with Gasteiger partial charge in [0.05, 0.1) is 12.4 Å². The molecule has 234 valence electrons. The van der Waals surface area contributed by atoms with E-state index in [1.165, 1.54) is 31.1 Å². The van der Waals surface area contributed by atoms with Gasteiger partial charge >= 0.3 is 0 Å². The van der Waals surface area contributed by atoms with Crippen molar-refractivity contribution in [2.45, 2.75) is 0 Å². The minimum Gasteiger partial charge on any atom is -0.386 e. The lowest BCUT2D eigenvalue weighted by Gasteiger charge is -2.54. The van der Waals surface area contributed by atoms with Gasteiger partial charge in [0, 0.05) is 0 Å². The van der Waals surface area contributed by atoms with E-state index in [-0.39, 0.29) is 0 Å². The van der Waals surface area contributed by atoms with E-state index >= 15 is 0 Å². The number of aromatic nitrogens is 4. The van der Waals surface area contributed by atoms with Crippen LogP contribution in [0.4, 0.5) is 5.82 Å². The third kappa shape index (κ3) is 5.16. The Morgan fingerprint density at radius 2 is 0.694 bits per heavy atom. The monoisotopic (exact) mass is 663 g/mol. The number of nitrogens with zero attached hydrogens (tertiary/aromatic N) is 5. The number of hydrogen-bond acceptors (Lipinski definition) is 5. The number of hydrogen-bond donors (Lipinski definition) is 0. The average Bonchev–Trinajstić information content (AvgIpc) is 3.20. The van der Waals surface area contributed by atoms with E-state index in [4.69, 9.17) is 9.97 Å². The standard InChI is InChI=1S/C42H33N5Si2/c1-7-19-34(20-8-1)48(35-21-9-2-10-22-35,36-23-11-3-12-24-36)47(41-32-44-40-31-43-33-45-42(40)46-41)49(37-25-13-4-14-26-37,38-27-15-5-16-28-38)39-29-17-6-18-30-39/h1-33H. The molecule has 0 N–H and O–H groups in total. The second-order valence-corrected chi connectivity index (χ2v) is 19.6. The summed E-state index contributed by atoms with van der Waals surface area (Å²) in [5, 5.41) is 7.48. The van der Waals surface area contributed by atoms with E-state index < -0.39 is 16.5 Å². The molecule has 8 rings (SSSR count). The fourth-order valence-corrected chi connectivity index (χ4v) is 20.1. The molecule has 6 aromatic carbocycles. The molecule has 0 radical (unpaired) electrons. The van der Waals surface area contributed by atoms with Gasteiger partial charge in [0.25, 0.3) is 0 Å². The highest BCUT2D eigenvalue weighted by atomic mass is 28.4. The molecule has 8 aromatic rings. The molecule has 0 amide bonds. The highest BCUT2D eigenvalue weighted by Gasteiger charge is 2.58. The van der Waals surface area contributed by atoms with E-state index in [2.05, 4.69) is 196 Å². The smallest absolute Gasteiger partial charge is 0.247 e. The second kappa shape index (κ2) is 13.2. The molecule has 0 saturated heterocycles. The molecule has 0 atom stereocenters. The van der Waals surface area contributed by atoms with E-state index in [9.17, 15) is 0 Å². The van der Waals surface area contributed by atoms with Crippen molar-refractivity contribution in [2.24, 2.45) is 0 Å². The van der Waals surface area contributed by atoms with E-state index in [0.717, 1.165) is 5.82 Å². The largest absolute Gasteiger partial charge is 0.386 e. The van der Waals surface area contributed by atoms with Crippen LogP contribution in [0.2, 0.25) is 0 Å². The molecule has 0 fully saturated rings. The van der Waals surface area contributed by atoms with Gasteiger partial charge in [-0.05, 0) is 31.1 Å². The number of fused-ring (bicyclic) bond motifs is 1. The summed E-state index contributed by atoms with van der Waals surface area (Å²) in [6, 6.07) is 66.2. The maximum Gasteiger partial charge on any atom is 0.247 e. The summed E-state index contributed by atoms with van der Waals surface area (Å²) < 4.78 is 2.76. The lowest BCUT2D eigenvalue weighted by Crippen LogP contribution is -2.91. The van der Waals surface area contributed by atoms with Gasteiger partial charge in [0.2, 0.25) is 16.5 Å².